The lowest BCUT2D eigenvalue weighted by Crippen LogP contribution is -2.34. The summed E-state index contributed by atoms with van der Waals surface area (Å²) >= 11 is 0. The average Bonchev–Trinajstić information content (AvgIpc) is 2.74. The highest BCUT2D eigenvalue weighted by atomic mass is 16.2. The molecule has 0 atom stereocenters. The SMILES string of the molecule is CCc1ccc(C(=O)N2CCN(C)c3ccccc3C2)cc1. The lowest BCUT2D eigenvalue weighted by atomic mass is 10.1. The molecule has 1 amide bonds. The van der Waals surface area contributed by atoms with Gasteiger partial charge < -0.3 is 9.80 Å². The summed E-state index contributed by atoms with van der Waals surface area (Å²) in [4.78, 5) is 16.9. The third kappa shape index (κ3) is 2.84. The van der Waals surface area contributed by atoms with E-state index in [4.69, 9.17) is 0 Å². The number of hydrogen-bond donors (Lipinski definition) is 0. The van der Waals surface area contributed by atoms with Crippen molar-refractivity contribution in [2.75, 3.05) is 25.0 Å². The summed E-state index contributed by atoms with van der Waals surface area (Å²) in [6.45, 7) is 4.41. The van der Waals surface area contributed by atoms with Crippen LogP contribution in [0.4, 0.5) is 5.69 Å². The molecule has 22 heavy (non-hydrogen) atoms. The van der Waals surface area contributed by atoms with Crippen molar-refractivity contribution in [2.24, 2.45) is 0 Å². The number of aryl methyl sites for hydroxylation is 1. The van der Waals surface area contributed by atoms with Crippen LogP contribution in [0.1, 0.15) is 28.4 Å². The van der Waals surface area contributed by atoms with Crippen LogP contribution < -0.4 is 4.90 Å². The van der Waals surface area contributed by atoms with Gasteiger partial charge in [-0.3, -0.25) is 4.79 Å². The van der Waals surface area contributed by atoms with Crippen LogP contribution in [0.2, 0.25) is 0 Å². The monoisotopic (exact) mass is 294 g/mol. The zero-order chi connectivity index (χ0) is 15.5. The van der Waals surface area contributed by atoms with Crippen molar-refractivity contribution in [3.05, 3.63) is 65.2 Å². The molecule has 0 radical (unpaired) electrons. The summed E-state index contributed by atoms with van der Waals surface area (Å²) in [6, 6.07) is 16.3. The highest BCUT2D eigenvalue weighted by molar-refractivity contribution is 5.94. The van der Waals surface area contributed by atoms with Crippen molar-refractivity contribution in [2.45, 2.75) is 19.9 Å². The topological polar surface area (TPSA) is 23.6 Å². The van der Waals surface area contributed by atoms with Gasteiger partial charge in [-0.2, -0.15) is 0 Å². The minimum absolute atomic E-state index is 0.118. The van der Waals surface area contributed by atoms with E-state index in [1.807, 2.05) is 35.2 Å². The Balaban J connectivity index is 1.84. The van der Waals surface area contributed by atoms with Crippen LogP contribution in [0.25, 0.3) is 0 Å². The van der Waals surface area contributed by atoms with E-state index in [1.165, 1.54) is 16.8 Å². The van der Waals surface area contributed by atoms with Crippen molar-refractivity contribution in [3.63, 3.8) is 0 Å². The molecule has 114 valence electrons. The van der Waals surface area contributed by atoms with Gasteiger partial charge in [0.15, 0.2) is 0 Å². The molecule has 0 spiro atoms. The number of rotatable bonds is 2. The third-order valence-electron chi connectivity index (χ3n) is 4.37. The van der Waals surface area contributed by atoms with E-state index in [-0.39, 0.29) is 5.91 Å². The van der Waals surface area contributed by atoms with Crippen molar-refractivity contribution in [1.29, 1.82) is 0 Å². The van der Waals surface area contributed by atoms with E-state index in [2.05, 4.69) is 37.1 Å². The Kier molecular flexibility index (Phi) is 4.14. The van der Waals surface area contributed by atoms with Gasteiger partial charge in [-0.1, -0.05) is 37.3 Å². The Bertz CT molecular complexity index is 663. The van der Waals surface area contributed by atoms with Gasteiger partial charge in [0.2, 0.25) is 0 Å². The maximum Gasteiger partial charge on any atom is 0.254 e. The number of anilines is 1. The normalized spacial score (nSPS) is 14.5. The maximum atomic E-state index is 12.8. The predicted molar refractivity (Wildman–Crippen MR) is 90.3 cm³/mol. The Hall–Kier alpha value is -2.29. The van der Waals surface area contributed by atoms with Gasteiger partial charge in [0, 0.05) is 37.9 Å². The number of carbonyl (C=O) groups excluding carboxylic acids is 1. The molecular formula is C19H22N2O. The molecule has 0 aliphatic carbocycles. The van der Waals surface area contributed by atoms with E-state index in [0.29, 0.717) is 6.54 Å². The lowest BCUT2D eigenvalue weighted by Gasteiger charge is -2.21. The van der Waals surface area contributed by atoms with Gasteiger partial charge in [0.1, 0.15) is 0 Å². The van der Waals surface area contributed by atoms with Crippen LogP contribution in [-0.4, -0.2) is 30.9 Å². The summed E-state index contributed by atoms with van der Waals surface area (Å²) in [7, 11) is 2.09. The lowest BCUT2D eigenvalue weighted by molar-refractivity contribution is 0.0752. The van der Waals surface area contributed by atoms with Gasteiger partial charge in [-0.05, 0) is 35.7 Å². The zero-order valence-electron chi connectivity index (χ0n) is 13.2. The first kappa shape index (κ1) is 14.6. The second kappa shape index (κ2) is 6.22. The van der Waals surface area contributed by atoms with Gasteiger partial charge in [0.05, 0.1) is 0 Å². The molecule has 0 saturated carbocycles. The van der Waals surface area contributed by atoms with Crippen molar-refractivity contribution >= 4 is 11.6 Å². The van der Waals surface area contributed by atoms with Gasteiger partial charge >= 0.3 is 0 Å². The summed E-state index contributed by atoms with van der Waals surface area (Å²) in [5.74, 6) is 0.118. The number of nitrogens with zero attached hydrogens (tertiary/aromatic N) is 2. The van der Waals surface area contributed by atoms with Crippen LogP contribution in [-0.2, 0) is 13.0 Å². The molecule has 1 aliphatic rings. The quantitative estimate of drug-likeness (QED) is 0.848. The molecule has 3 nitrogen and oxygen atoms in total. The summed E-state index contributed by atoms with van der Waals surface area (Å²) < 4.78 is 0. The highest BCUT2D eigenvalue weighted by Crippen LogP contribution is 2.24. The van der Waals surface area contributed by atoms with Crippen molar-refractivity contribution in [1.82, 2.24) is 4.90 Å². The summed E-state index contributed by atoms with van der Waals surface area (Å²) in [5, 5.41) is 0. The van der Waals surface area contributed by atoms with Crippen molar-refractivity contribution in [3.8, 4) is 0 Å². The third-order valence-corrected chi connectivity index (χ3v) is 4.37. The van der Waals surface area contributed by atoms with E-state index < -0.39 is 0 Å². The Morgan fingerprint density at radius 3 is 2.50 bits per heavy atom. The first-order valence-corrected chi connectivity index (χ1v) is 7.86. The number of carbonyl (C=O) groups is 1. The highest BCUT2D eigenvalue weighted by Gasteiger charge is 2.21. The fourth-order valence-corrected chi connectivity index (χ4v) is 2.93. The van der Waals surface area contributed by atoms with Crippen LogP contribution >= 0.6 is 0 Å². The van der Waals surface area contributed by atoms with Crippen LogP contribution in [0.15, 0.2) is 48.5 Å². The van der Waals surface area contributed by atoms with Crippen LogP contribution in [0.5, 0.6) is 0 Å². The van der Waals surface area contributed by atoms with Crippen LogP contribution in [0, 0.1) is 0 Å². The Morgan fingerprint density at radius 2 is 1.77 bits per heavy atom. The Labute approximate surface area is 132 Å². The molecule has 1 aliphatic heterocycles. The van der Waals surface area contributed by atoms with E-state index in [9.17, 15) is 4.79 Å². The molecule has 0 bridgehead atoms. The summed E-state index contributed by atoms with van der Waals surface area (Å²) in [5.41, 5.74) is 4.47. The van der Waals surface area contributed by atoms with Gasteiger partial charge in [-0.25, -0.2) is 0 Å². The molecule has 2 aromatic rings. The molecule has 0 saturated heterocycles. The van der Waals surface area contributed by atoms with Crippen molar-refractivity contribution < 1.29 is 4.79 Å². The molecule has 0 aromatic heterocycles. The maximum absolute atomic E-state index is 12.8. The standard InChI is InChI=1S/C19H22N2O/c1-3-15-8-10-16(11-9-15)19(22)21-13-12-20(2)18-7-5-4-6-17(18)14-21/h4-11H,3,12-14H2,1-2H3. The smallest absolute Gasteiger partial charge is 0.254 e. The zero-order valence-corrected chi connectivity index (χ0v) is 13.2. The number of fused-ring (bicyclic) bond motifs is 1. The first-order valence-electron chi connectivity index (χ1n) is 7.86. The Morgan fingerprint density at radius 1 is 1.05 bits per heavy atom. The number of amides is 1. The molecule has 0 N–H and O–H groups in total. The first-order chi connectivity index (χ1) is 10.7. The van der Waals surface area contributed by atoms with Gasteiger partial charge in [-0.15, -0.1) is 0 Å². The molecule has 0 fully saturated rings. The largest absolute Gasteiger partial charge is 0.373 e. The second-order valence-corrected chi connectivity index (χ2v) is 5.83. The summed E-state index contributed by atoms with van der Waals surface area (Å²) in [6.07, 6.45) is 0.996. The molecule has 1 heterocycles. The minimum atomic E-state index is 0.118. The predicted octanol–water partition coefficient (Wildman–Crippen LogP) is 3.34. The molecule has 0 unspecified atom stereocenters. The number of para-hydroxylation sites is 1. The molecule has 3 heteroatoms. The molecule has 2 aromatic carbocycles. The number of hydrogen-bond acceptors (Lipinski definition) is 2. The number of benzene rings is 2. The van der Waals surface area contributed by atoms with E-state index >= 15 is 0 Å². The number of likely N-dealkylation sites (N-methyl/N-ethyl adjacent to an activating group) is 1. The second-order valence-electron chi connectivity index (χ2n) is 5.83. The van der Waals surface area contributed by atoms with Crippen LogP contribution in [0.3, 0.4) is 0 Å². The average molecular weight is 294 g/mol. The minimum Gasteiger partial charge on any atom is -0.373 e. The van der Waals surface area contributed by atoms with Gasteiger partial charge in [0.25, 0.3) is 5.91 Å². The van der Waals surface area contributed by atoms with E-state index in [0.717, 1.165) is 25.1 Å². The molecule has 3 rings (SSSR count). The molecular weight excluding hydrogens is 272 g/mol. The fraction of sp³-hybridized carbons (Fsp3) is 0.316. The van der Waals surface area contributed by atoms with E-state index in [1.54, 1.807) is 0 Å². The fourth-order valence-electron chi connectivity index (χ4n) is 2.93.